The zero-order valence-corrected chi connectivity index (χ0v) is 5.50. The summed E-state index contributed by atoms with van der Waals surface area (Å²) in [4.78, 5) is 3.77. The third-order valence-electron chi connectivity index (χ3n) is 1.35. The van der Waals surface area contributed by atoms with Crippen LogP contribution in [0.25, 0.3) is 0 Å². The number of nitrogens with two attached hydrogens (primary N) is 1. The zero-order chi connectivity index (χ0) is 7.72. The van der Waals surface area contributed by atoms with Gasteiger partial charge in [0.15, 0.2) is 0 Å². The van der Waals surface area contributed by atoms with Crippen molar-refractivity contribution in [3.05, 3.63) is 11.3 Å². The minimum Gasteiger partial charge on any atom is -0.509 e. The topological polar surface area (TPSA) is 82.4 Å². The van der Waals surface area contributed by atoms with Crippen LogP contribution in [-0.4, -0.2) is 17.0 Å². The molecule has 52 valence electrons. The first kappa shape index (κ1) is 6.62. The Labute approximate surface area is 58.3 Å². The summed E-state index contributed by atoms with van der Waals surface area (Å²) >= 11 is 0. The molecule has 0 aromatic heterocycles. The minimum atomic E-state index is -0.352. The number of aliphatic hydroxyl groups is 1. The third kappa shape index (κ3) is 0.722. The van der Waals surface area contributed by atoms with Crippen LogP contribution in [0.2, 0.25) is 0 Å². The summed E-state index contributed by atoms with van der Waals surface area (Å²) < 4.78 is 0. The van der Waals surface area contributed by atoms with Crippen molar-refractivity contribution in [3.8, 4) is 6.07 Å². The van der Waals surface area contributed by atoms with Gasteiger partial charge in [0.1, 0.15) is 29.3 Å². The van der Waals surface area contributed by atoms with Crippen molar-refractivity contribution in [3.63, 3.8) is 0 Å². The van der Waals surface area contributed by atoms with E-state index in [-0.39, 0.29) is 23.2 Å². The maximum atomic E-state index is 9.09. The Balaban J connectivity index is 3.09. The summed E-state index contributed by atoms with van der Waals surface area (Å²) in [5, 5.41) is 17.5. The highest BCUT2D eigenvalue weighted by molar-refractivity contribution is 6.03. The van der Waals surface area contributed by atoms with E-state index in [1.54, 1.807) is 13.0 Å². The Morgan fingerprint density at radius 1 is 1.80 bits per heavy atom. The highest BCUT2D eigenvalue weighted by atomic mass is 16.3. The van der Waals surface area contributed by atoms with Crippen LogP contribution in [0.3, 0.4) is 0 Å². The summed E-state index contributed by atoms with van der Waals surface area (Å²) in [5.41, 5.74) is 5.38. The number of nitrogens with zero attached hydrogens (tertiary/aromatic N) is 2. The molecular weight excluding hydrogens is 130 g/mol. The molecule has 0 fully saturated rings. The van der Waals surface area contributed by atoms with E-state index in [2.05, 4.69) is 4.99 Å². The molecule has 0 aliphatic carbocycles. The Bertz CT molecular complexity index is 259. The maximum Gasteiger partial charge on any atom is 0.140 e. The first-order valence-corrected chi connectivity index (χ1v) is 2.83. The normalized spacial score (nSPS) is 24.4. The molecule has 0 bridgehead atoms. The van der Waals surface area contributed by atoms with Crippen LogP contribution >= 0.6 is 0 Å². The Morgan fingerprint density at radius 2 is 2.40 bits per heavy atom. The molecule has 4 heteroatoms. The lowest BCUT2D eigenvalue weighted by Crippen LogP contribution is -2.10. The van der Waals surface area contributed by atoms with Crippen molar-refractivity contribution in [2.75, 3.05) is 0 Å². The fourth-order valence-electron chi connectivity index (χ4n) is 0.789. The van der Waals surface area contributed by atoms with Crippen LogP contribution < -0.4 is 5.73 Å². The summed E-state index contributed by atoms with van der Waals surface area (Å²) in [6.07, 6.45) is 0. The summed E-state index contributed by atoms with van der Waals surface area (Å²) in [6, 6.07) is 1.42. The molecule has 1 aliphatic heterocycles. The summed E-state index contributed by atoms with van der Waals surface area (Å²) in [7, 11) is 0. The highest BCUT2D eigenvalue weighted by Crippen LogP contribution is 2.15. The molecule has 0 saturated heterocycles. The van der Waals surface area contributed by atoms with E-state index in [4.69, 9.17) is 16.1 Å². The van der Waals surface area contributed by atoms with Gasteiger partial charge in [-0.2, -0.15) is 5.26 Å². The van der Waals surface area contributed by atoms with Gasteiger partial charge >= 0.3 is 0 Å². The number of hydrogen-bond acceptors (Lipinski definition) is 4. The van der Waals surface area contributed by atoms with Gasteiger partial charge in [0.05, 0.1) is 0 Å². The average Bonchev–Trinajstić information content (AvgIpc) is 2.09. The first-order valence-electron chi connectivity index (χ1n) is 2.83. The van der Waals surface area contributed by atoms with Gasteiger partial charge in [-0.25, -0.2) is 0 Å². The monoisotopic (exact) mass is 137 g/mol. The Kier molecular flexibility index (Phi) is 1.34. The largest absolute Gasteiger partial charge is 0.509 e. The predicted molar refractivity (Wildman–Crippen MR) is 36.4 cm³/mol. The fourth-order valence-corrected chi connectivity index (χ4v) is 0.789. The van der Waals surface area contributed by atoms with Crippen LogP contribution in [0.1, 0.15) is 6.92 Å². The molecule has 1 atom stereocenters. The number of aliphatic hydroxyl groups excluding tert-OH is 1. The smallest absolute Gasteiger partial charge is 0.140 e. The molecule has 0 radical (unpaired) electrons. The van der Waals surface area contributed by atoms with Gasteiger partial charge in [-0.15, -0.1) is 0 Å². The summed E-state index contributed by atoms with van der Waals surface area (Å²) in [5.74, 6) is 0.104. The third-order valence-corrected chi connectivity index (χ3v) is 1.35. The molecule has 0 amide bonds. The van der Waals surface area contributed by atoms with Crippen molar-refractivity contribution in [2.45, 2.75) is 13.0 Å². The van der Waals surface area contributed by atoms with Crippen LogP contribution in [0.5, 0.6) is 0 Å². The number of aliphatic imine (C=N–C) groups is 1. The van der Waals surface area contributed by atoms with Crippen molar-refractivity contribution >= 4 is 5.84 Å². The van der Waals surface area contributed by atoms with Crippen molar-refractivity contribution in [2.24, 2.45) is 10.7 Å². The quantitative estimate of drug-likeness (QED) is 0.496. The standard InChI is InChI=1S/C6H7N3O/c1-3-5(10)4(2-7)6(8)9-3/h3,10H,1H3,(H2,8,9). The van der Waals surface area contributed by atoms with E-state index in [1.165, 1.54) is 0 Å². The van der Waals surface area contributed by atoms with Gasteiger partial charge in [0.25, 0.3) is 0 Å². The maximum absolute atomic E-state index is 9.09. The number of rotatable bonds is 0. The van der Waals surface area contributed by atoms with Crippen LogP contribution in [0.15, 0.2) is 16.3 Å². The number of amidine groups is 1. The van der Waals surface area contributed by atoms with Gasteiger partial charge < -0.3 is 10.8 Å². The average molecular weight is 137 g/mol. The molecular formula is C6H7N3O. The number of hydrogen-bond donors (Lipinski definition) is 2. The van der Waals surface area contributed by atoms with E-state index >= 15 is 0 Å². The Hall–Kier alpha value is -1.50. The van der Waals surface area contributed by atoms with Crippen LogP contribution in [-0.2, 0) is 0 Å². The predicted octanol–water partition coefficient (Wildman–Crippen LogP) is 0.0814. The highest BCUT2D eigenvalue weighted by Gasteiger charge is 2.22. The van der Waals surface area contributed by atoms with Gasteiger partial charge in [0, 0.05) is 0 Å². The lowest BCUT2D eigenvalue weighted by Gasteiger charge is -1.95. The molecule has 0 aromatic carbocycles. The molecule has 1 aliphatic rings. The summed E-state index contributed by atoms with van der Waals surface area (Å²) in [6.45, 7) is 1.67. The molecule has 4 nitrogen and oxygen atoms in total. The molecule has 10 heavy (non-hydrogen) atoms. The van der Waals surface area contributed by atoms with Crippen molar-refractivity contribution in [1.82, 2.24) is 0 Å². The van der Waals surface area contributed by atoms with Crippen molar-refractivity contribution in [1.29, 1.82) is 5.26 Å². The van der Waals surface area contributed by atoms with E-state index in [1.807, 2.05) is 0 Å². The molecule has 0 saturated carbocycles. The lowest BCUT2D eigenvalue weighted by molar-refractivity contribution is 0.378. The second-order valence-corrected chi connectivity index (χ2v) is 2.06. The second-order valence-electron chi connectivity index (χ2n) is 2.06. The fraction of sp³-hybridized carbons (Fsp3) is 0.333. The molecule has 1 unspecified atom stereocenters. The second kappa shape index (κ2) is 2.03. The van der Waals surface area contributed by atoms with Crippen molar-refractivity contribution < 1.29 is 5.11 Å². The molecule has 1 heterocycles. The van der Waals surface area contributed by atoms with Gasteiger partial charge in [0.2, 0.25) is 0 Å². The first-order chi connectivity index (χ1) is 4.66. The molecule has 3 N–H and O–H groups in total. The molecule has 0 aromatic rings. The van der Waals surface area contributed by atoms with Crippen LogP contribution in [0, 0.1) is 11.3 Å². The zero-order valence-electron chi connectivity index (χ0n) is 5.50. The minimum absolute atomic E-state index is 0.0278. The number of nitriles is 1. The van der Waals surface area contributed by atoms with Crippen LogP contribution in [0.4, 0.5) is 0 Å². The van der Waals surface area contributed by atoms with Gasteiger partial charge in [-0.3, -0.25) is 4.99 Å². The van der Waals surface area contributed by atoms with E-state index in [0.717, 1.165) is 0 Å². The van der Waals surface area contributed by atoms with E-state index in [0.29, 0.717) is 0 Å². The lowest BCUT2D eigenvalue weighted by atomic mass is 10.2. The molecule has 1 rings (SSSR count). The molecule has 0 spiro atoms. The van der Waals surface area contributed by atoms with Gasteiger partial charge in [-0.05, 0) is 6.92 Å². The Morgan fingerprint density at radius 3 is 2.60 bits per heavy atom. The van der Waals surface area contributed by atoms with E-state index in [9.17, 15) is 0 Å². The van der Waals surface area contributed by atoms with E-state index < -0.39 is 0 Å². The SMILES string of the molecule is CC1N=C(N)C(C#N)=C1O. The van der Waals surface area contributed by atoms with Gasteiger partial charge in [-0.1, -0.05) is 0 Å².